The molecule has 0 saturated heterocycles. The van der Waals surface area contributed by atoms with Crippen LogP contribution in [0.4, 0.5) is 0 Å². The van der Waals surface area contributed by atoms with Gasteiger partial charge in [0.2, 0.25) is 0 Å². The van der Waals surface area contributed by atoms with Crippen LogP contribution in [0.1, 0.15) is 25.8 Å². The van der Waals surface area contributed by atoms with Crippen LogP contribution in [0.25, 0.3) is 0 Å². The number of hydrogen-bond acceptors (Lipinski definition) is 3. The summed E-state index contributed by atoms with van der Waals surface area (Å²) < 4.78 is 0. The van der Waals surface area contributed by atoms with Gasteiger partial charge < -0.3 is 15.3 Å². The van der Waals surface area contributed by atoms with Crippen molar-refractivity contribution in [3.8, 4) is 0 Å². The third kappa shape index (κ3) is 6.15. The normalized spacial score (nSPS) is 14.7. The van der Waals surface area contributed by atoms with E-state index in [9.17, 15) is 5.11 Å². The second-order valence-corrected chi connectivity index (χ2v) is 5.06. The maximum Gasteiger partial charge on any atom is 0.0662 e. The second kappa shape index (κ2) is 8.25. The predicted molar refractivity (Wildman–Crippen MR) is 76.5 cm³/mol. The molecular weight excluding hydrogens is 224 g/mol. The SMILES string of the molecule is CC(O)C(C)NCCCN(C)Cc1ccccc1. The van der Waals surface area contributed by atoms with E-state index >= 15 is 0 Å². The molecule has 0 aliphatic heterocycles. The summed E-state index contributed by atoms with van der Waals surface area (Å²) in [6.45, 7) is 6.84. The largest absolute Gasteiger partial charge is 0.392 e. The number of rotatable bonds is 8. The molecule has 2 atom stereocenters. The Morgan fingerprint density at radius 2 is 1.89 bits per heavy atom. The number of aliphatic hydroxyl groups is 1. The van der Waals surface area contributed by atoms with Crippen LogP contribution in [0, 0.1) is 0 Å². The summed E-state index contributed by atoms with van der Waals surface area (Å²) >= 11 is 0. The van der Waals surface area contributed by atoms with Crippen molar-refractivity contribution in [3.63, 3.8) is 0 Å². The van der Waals surface area contributed by atoms with Crippen molar-refractivity contribution in [2.45, 2.75) is 39.0 Å². The molecule has 0 heterocycles. The quantitative estimate of drug-likeness (QED) is 0.691. The molecule has 0 saturated carbocycles. The topological polar surface area (TPSA) is 35.5 Å². The van der Waals surface area contributed by atoms with Crippen molar-refractivity contribution < 1.29 is 5.11 Å². The van der Waals surface area contributed by atoms with Gasteiger partial charge in [0, 0.05) is 12.6 Å². The molecule has 0 radical (unpaired) electrons. The first-order valence-corrected chi connectivity index (χ1v) is 6.73. The van der Waals surface area contributed by atoms with E-state index in [1.165, 1.54) is 5.56 Å². The summed E-state index contributed by atoms with van der Waals surface area (Å²) in [7, 11) is 2.14. The van der Waals surface area contributed by atoms with Crippen LogP contribution < -0.4 is 5.32 Å². The van der Waals surface area contributed by atoms with Crippen molar-refractivity contribution in [1.29, 1.82) is 0 Å². The molecule has 1 rings (SSSR count). The lowest BCUT2D eigenvalue weighted by molar-refractivity contribution is 0.152. The third-order valence-electron chi connectivity index (χ3n) is 3.20. The minimum atomic E-state index is -0.285. The van der Waals surface area contributed by atoms with Crippen molar-refractivity contribution in [1.82, 2.24) is 10.2 Å². The zero-order valence-corrected chi connectivity index (χ0v) is 11.8. The first kappa shape index (κ1) is 15.2. The van der Waals surface area contributed by atoms with Gasteiger partial charge in [0.05, 0.1) is 6.10 Å². The minimum Gasteiger partial charge on any atom is -0.392 e. The van der Waals surface area contributed by atoms with Crippen LogP contribution in [-0.4, -0.2) is 42.3 Å². The van der Waals surface area contributed by atoms with Gasteiger partial charge in [0.25, 0.3) is 0 Å². The molecule has 3 nitrogen and oxygen atoms in total. The van der Waals surface area contributed by atoms with Crippen LogP contribution in [0.2, 0.25) is 0 Å². The fourth-order valence-corrected chi connectivity index (χ4v) is 1.82. The van der Waals surface area contributed by atoms with Gasteiger partial charge in [-0.05, 0) is 46.0 Å². The molecule has 0 aliphatic rings. The first-order chi connectivity index (χ1) is 8.59. The Hall–Kier alpha value is -0.900. The molecule has 0 aromatic heterocycles. The molecule has 102 valence electrons. The molecule has 2 N–H and O–H groups in total. The lowest BCUT2D eigenvalue weighted by atomic mass is 10.2. The smallest absolute Gasteiger partial charge is 0.0662 e. The highest BCUT2D eigenvalue weighted by atomic mass is 16.3. The van der Waals surface area contributed by atoms with E-state index in [0.717, 1.165) is 26.1 Å². The van der Waals surface area contributed by atoms with E-state index in [1.807, 2.05) is 19.9 Å². The molecule has 0 bridgehead atoms. The predicted octanol–water partition coefficient (Wildman–Crippen LogP) is 1.87. The molecule has 3 heteroatoms. The van der Waals surface area contributed by atoms with Gasteiger partial charge in [-0.25, -0.2) is 0 Å². The van der Waals surface area contributed by atoms with Gasteiger partial charge in [-0.15, -0.1) is 0 Å². The Balaban J connectivity index is 2.12. The van der Waals surface area contributed by atoms with E-state index < -0.39 is 0 Å². The van der Waals surface area contributed by atoms with Crippen LogP contribution in [0.3, 0.4) is 0 Å². The first-order valence-electron chi connectivity index (χ1n) is 6.73. The van der Waals surface area contributed by atoms with E-state index in [0.29, 0.717) is 0 Å². The molecule has 0 spiro atoms. The number of hydrogen-bond donors (Lipinski definition) is 2. The fraction of sp³-hybridized carbons (Fsp3) is 0.600. The highest BCUT2D eigenvalue weighted by Gasteiger charge is 2.06. The summed E-state index contributed by atoms with van der Waals surface area (Å²) in [5, 5.41) is 12.7. The molecule has 0 fully saturated rings. The monoisotopic (exact) mass is 250 g/mol. The van der Waals surface area contributed by atoms with Crippen LogP contribution in [-0.2, 0) is 6.54 Å². The van der Waals surface area contributed by atoms with Gasteiger partial charge in [-0.2, -0.15) is 0 Å². The number of aliphatic hydroxyl groups excluding tert-OH is 1. The third-order valence-corrected chi connectivity index (χ3v) is 3.20. The highest BCUT2D eigenvalue weighted by molar-refractivity contribution is 5.14. The van der Waals surface area contributed by atoms with E-state index in [-0.39, 0.29) is 12.1 Å². The zero-order valence-electron chi connectivity index (χ0n) is 11.8. The van der Waals surface area contributed by atoms with Crippen molar-refractivity contribution in [2.75, 3.05) is 20.1 Å². The number of nitrogens with zero attached hydrogens (tertiary/aromatic N) is 1. The van der Waals surface area contributed by atoms with Gasteiger partial charge in [-0.1, -0.05) is 30.3 Å². The average molecular weight is 250 g/mol. The average Bonchev–Trinajstić information content (AvgIpc) is 2.35. The fourth-order valence-electron chi connectivity index (χ4n) is 1.82. The van der Waals surface area contributed by atoms with Crippen LogP contribution in [0.15, 0.2) is 30.3 Å². The van der Waals surface area contributed by atoms with Gasteiger partial charge in [0.1, 0.15) is 0 Å². The molecule has 1 aromatic rings. The summed E-state index contributed by atoms with van der Waals surface area (Å²) in [6.07, 6.45) is 0.812. The Morgan fingerprint density at radius 1 is 1.22 bits per heavy atom. The summed E-state index contributed by atoms with van der Waals surface area (Å²) in [5.41, 5.74) is 1.35. The second-order valence-electron chi connectivity index (χ2n) is 5.06. The Labute approximate surface area is 111 Å². The maximum absolute atomic E-state index is 9.35. The number of nitrogens with one attached hydrogen (secondary N) is 1. The Kier molecular flexibility index (Phi) is 6.94. The molecule has 1 aromatic carbocycles. The van der Waals surface area contributed by atoms with E-state index in [1.54, 1.807) is 0 Å². The minimum absolute atomic E-state index is 0.171. The van der Waals surface area contributed by atoms with E-state index in [2.05, 4.69) is 41.5 Å². The summed E-state index contributed by atoms with van der Waals surface area (Å²) in [5.74, 6) is 0. The lowest BCUT2D eigenvalue weighted by Gasteiger charge is -2.19. The molecule has 0 aliphatic carbocycles. The Morgan fingerprint density at radius 3 is 2.50 bits per heavy atom. The number of benzene rings is 1. The standard InChI is InChI=1S/C15H26N2O/c1-13(14(2)18)16-10-7-11-17(3)12-15-8-5-4-6-9-15/h4-6,8-9,13-14,16,18H,7,10-12H2,1-3H3. The van der Waals surface area contributed by atoms with Crippen molar-refractivity contribution in [3.05, 3.63) is 35.9 Å². The molecule has 0 amide bonds. The Bertz CT molecular complexity index is 314. The van der Waals surface area contributed by atoms with Crippen molar-refractivity contribution >= 4 is 0 Å². The molecule has 18 heavy (non-hydrogen) atoms. The zero-order chi connectivity index (χ0) is 13.4. The van der Waals surface area contributed by atoms with Gasteiger partial charge in [0.15, 0.2) is 0 Å². The van der Waals surface area contributed by atoms with Crippen LogP contribution in [0.5, 0.6) is 0 Å². The van der Waals surface area contributed by atoms with Crippen molar-refractivity contribution in [2.24, 2.45) is 0 Å². The molecular formula is C15H26N2O. The summed E-state index contributed by atoms with van der Waals surface area (Å²) in [4.78, 5) is 2.32. The van der Waals surface area contributed by atoms with E-state index in [4.69, 9.17) is 0 Å². The maximum atomic E-state index is 9.35. The van der Waals surface area contributed by atoms with Gasteiger partial charge >= 0.3 is 0 Å². The highest BCUT2D eigenvalue weighted by Crippen LogP contribution is 2.02. The lowest BCUT2D eigenvalue weighted by Crippen LogP contribution is -2.37. The molecule has 2 unspecified atom stereocenters. The summed E-state index contributed by atoms with van der Waals surface area (Å²) in [6, 6.07) is 10.7. The van der Waals surface area contributed by atoms with Gasteiger partial charge in [-0.3, -0.25) is 0 Å². The van der Waals surface area contributed by atoms with Crippen LogP contribution >= 0.6 is 0 Å².